The molecule has 27 heavy (non-hydrogen) atoms. The molecule has 0 unspecified atom stereocenters. The van der Waals surface area contributed by atoms with E-state index in [-0.39, 0.29) is 12.2 Å². The average Bonchev–Trinajstić information content (AvgIpc) is 3.09. The van der Waals surface area contributed by atoms with Gasteiger partial charge in [-0.25, -0.2) is 4.79 Å². The van der Waals surface area contributed by atoms with Crippen LogP contribution in [0.15, 0.2) is 72.8 Å². The van der Waals surface area contributed by atoms with Gasteiger partial charge >= 0.3 is 6.16 Å². The Morgan fingerprint density at radius 2 is 1.67 bits per heavy atom. The summed E-state index contributed by atoms with van der Waals surface area (Å²) in [6, 6.07) is 19.9. The van der Waals surface area contributed by atoms with Crippen molar-refractivity contribution in [2.24, 2.45) is 0 Å². The van der Waals surface area contributed by atoms with Gasteiger partial charge in [0.2, 0.25) is 0 Å². The standard InChI is InChI=1S/C22H22O5/c1-15(17-10-6-3-7-11-17)25-18-12-13-19-21(27-22(23)26-19)20(18)24-14-16-8-4-2-5-9-16/h2-13,15,18-21H,14H2,1H3/t15-,18-,19+,20+,21+/m1/s1. The maximum absolute atomic E-state index is 11.6. The Kier molecular flexibility index (Phi) is 5.23. The van der Waals surface area contributed by atoms with Crippen molar-refractivity contribution in [3.8, 4) is 0 Å². The molecule has 1 aliphatic carbocycles. The first-order chi connectivity index (χ1) is 13.2. The van der Waals surface area contributed by atoms with Crippen LogP contribution in [0.5, 0.6) is 0 Å². The summed E-state index contributed by atoms with van der Waals surface area (Å²) in [4.78, 5) is 11.6. The van der Waals surface area contributed by atoms with Crippen LogP contribution in [-0.2, 0) is 25.6 Å². The molecule has 1 heterocycles. The third kappa shape index (κ3) is 4.04. The predicted octanol–water partition coefficient (Wildman–Crippen LogP) is 4.19. The van der Waals surface area contributed by atoms with Gasteiger partial charge in [0, 0.05) is 0 Å². The topological polar surface area (TPSA) is 54.0 Å². The molecule has 2 aromatic rings. The van der Waals surface area contributed by atoms with Crippen LogP contribution in [0.2, 0.25) is 0 Å². The van der Waals surface area contributed by atoms with Crippen molar-refractivity contribution in [1.29, 1.82) is 0 Å². The van der Waals surface area contributed by atoms with Crippen molar-refractivity contribution in [1.82, 2.24) is 0 Å². The maximum atomic E-state index is 11.6. The SMILES string of the molecule is C[C@@H](O[C@@H]1C=C[C@@H]2OC(=O)O[C@@H]2[C@H]1OCc1ccccc1)c1ccccc1. The summed E-state index contributed by atoms with van der Waals surface area (Å²) in [7, 11) is 0. The Morgan fingerprint density at radius 3 is 2.41 bits per heavy atom. The summed E-state index contributed by atoms with van der Waals surface area (Å²) >= 11 is 0. The molecular formula is C22H22O5. The number of ether oxygens (including phenoxy) is 4. The number of fused-ring (bicyclic) bond motifs is 1. The Balaban J connectivity index is 1.50. The molecule has 5 nitrogen and oxygen atoms in total. The van der Waals surface area contributed by atoms with Crippen LogP contribution < -0.4 is 0 Å². The lowest BCUT2D eigenvalue weighted by Gasteiger charge is -2.34. The largest absolute Gasteiger partial charge is 0.509 e. The van der Waals surface area contributed by atoms with Crippen molar-refractivity contribution in [3.05, 3.63) is 83.9 Å². The fourth-order valence-corrected chi connectivity index (χ4v) is 3.42. The lowest BCUT2D eigenvalue weighted by molar-refractivity contribution is -0.130. The Bertz CT molecular complexity index is 789. The van der Waals surface area contributed by atoms with E-state index in [0.29, 0.717) is 6.61 Å². The molecule has 0 bridgehead atoms. The summed E-state index contributed by atoms with van der Waals surface area (Å²) in [6.45, 7) is 2.40. The van der Waals surface area contributed by atoms with Crippen molar-refractivity contribution in [2.75, 3.05) is 0 Å². The van der Waals surface area contributed by atoms with Gasteiger partial charge in [-0.05, 0) is 24.1 Å². The second-order valence-corrected chi connectivity index (χ2v) is 6.71. The number of rotatable bonds is 6. The molecule has 0 radical (unpaired) electrons. The van der Waals surface area contributed by atoms with E-state index in [2.05, 4.69) is 0 Å². The van der Waals surface area contributed by atoms with Crippen LogP contribution in [0.25, 0.3) is 0 Å². The molecule has 5 heteroatoms. The van der Waals surface area contributed by atoms with E-state index in [1.54, 1.807) is 0 Å². The Labute approximate surface area is 158 Å². The molecule has 4 rings (SSSR count). The van der Waals surface area contributed by atoms with E-state index >= 15 is 0 Å². The Morgan fingerprint density at radius 1 is 0.963 bits per heavy atom. The molecular weight excluding hydrogens is 344 g/mol. The minimum Gasteiger partial charge on any atom is -0.424 e. The first kappa shape index (κ1) is 17.8. The summed E-state index contributed by atoms with van der Waals surface area (Å²) < 4.78 is 23.0. The second-order valence-electron chi connectivity index (χ2n) is 6.71. The molecule has 1 saturated heterocycles. The van der Waals surface area contributed by atoms with Gasteiger partial charge in [0.15, 0.2) is 12.2 Å². The highest BCUT2D eigenvalue weighted by atomic mass is 16.8. The lowest BCUT2D eigenvalue weighted by Crippen LogP contribution is -2.47. The number of carbonyl (C=O) groups excluding carboxylic acids is 1. The fourth-order valence-electron chi connectivity index (χ4n) is 3.42. The van der Waals surface area contributed by atoms with Crippen LogP contribution in [-0.4, -0.2) is 30.6 Å². The maximum Gasteiger partial charge on any atom is 0.509 e. The zero-order valence-corrected chi connectivity index (χ0v) is 15.1. The second kappa shape index (κ2) is 7.94. The molecule has 140 valence electrons. The summed E-state index contributed by atoms with van der Waals surface area (Å²) in [5, 5.41) is 0. The van der Waals surface area contributed by atoms with Crippen LogP contribution in [0, 0.1) is 0 Å². The zero-order valence-electron chi connectivity index (χ0n) is 15.1. The summed E-state index contributed by atoms with van der Waals surface area (Å²) in [5.41, 5.74) is 2.12. The van der Waals surface area contributed by atoms with E-state index in [1.807, 2.05) is 79.7 Å². The highest BCUT2D eigenvalue weighted by Gasteiger charge is 2.47. The van der Waals surface area contributed by atoms with E-state index in [0.717, 1.165) is 11.1 Å². The first-order valence-electron chi connectivity index (χ1n) is 9.12. The quantitative estimate of drug-likeness (QED) is 0.567. The predicted molar refractivity (Wildman–Crippen MR) is 99.0 cm³/mol. The molecule has 0 amide bonds. The first-order valence-corrected chi connectivity index (χ1v) is 9.12. The average molecular weight is 366 g/mol. The molecule has 1 aliphatic heterocycles. The zero-order chi connectivity index (χ0) is 18.6. The highest BCUT2D eigenvalue weighted by Crippen LogP contribution is 2.32. The van der Waals surface area contributed by atoms with Crippen LogP contribution in [0.3, 0.4) is 0 Å². The number of carbonyl (C=O) groups is 1. The fraction of sp³-hybridized carbons (Fsp3) is 0.318. The molecule has 2 aliphatic rings. The Hall–Kier alpha value is -2.63. The molecule has 0 N–H and O–H groups in total. The van der Waals surface area contributed by atoms with Gasteiger partial charge in [0.05, 0.1) is 12.7 Å². The molecule has 2 aromatic carbocycles. The third-order valence-electron chi connectivity index (χ3n) is 4.84. The van der Waals surface area contributed by atoms with E-state index in [1.165, 1.54) is 0 Å². The number of hydrogen-bond donors (Lipinski definition) is 0. The minimum absolute atomic E-state index is 0.127. The number of benzene rings is 2. The van der Waals surface area contributed by atoms with Gasteiger partial charge in [0.25, 0.3) is 0 Å². The summed E-state index contributed by atoms with van der Waals surface area (Å²) in [5.74, 6) is 0. The molecule has 1 fully saturated rings. The van der Waals surface area contributed by atoms with Gasteiger partial charge in [0.1, 0.15) is 12.2 Å². The van der Waals surface area contributed by atoms with Gasteiger partial charge in [-0.2, -0.15) is 0 Å². The number of hydrogen-bond acceptors (Lipinski definition) is 5. The van der Waals surface area contributed by atoms with E-state index in [4.69, 9.17) is 18.9 Å². The van der Waals surface area contributed by atoms with Crippen LogP contribution >= 0.6 is 0 Å². The van der Waals surface area contributed by atoms with E-state index in [9.17, 15) is 4.79 Å². The monoisotopic (exact) mass is 366 g/mol. The van der Waals surface area contributed by atoms with Crippen molar-refractivity contribution in [2.45, 2.75) is 44.1 Å². The van der Waals surface area contributed by atoms with Crippen LogP contribution in [0.1, 0.15) is 24.2 Å². The van der Waals surface area contributed by atoms with Crippen molar-refractivity contribution in [3.63, 3.8) is 0 Å². The van der Waals surface area contributed by atoms with Crippen LogP contribution in [0.4, 0.5) is 4.79 Å². The van der Waals surface area contributed by atoms with Gasteiger partial charge in [-0.1, -0.05) is 66.7 Å². The summed E-state index contributed by atoms with van der Waals surface area (Å²) in [6.07, 6.45) is 1.18. The highest BCUT2D eigenvalue weighted by molar-refractivity contribution is 5.63. The van der Waals surface area contributed by atoms with Gasteiger partial charge < -0.3 is 18.9 Å². The normalized spacial score (nSPS) is 27.5. The molecule has 5 atom stereocenters. The van der Waals surface area contributed by atoms with Gasteiger partial charge in [-0.15, -0.1) is 0 Å². The van der Waals surface area contributed by atoms with Crippen molar-refractivity contribution < 1.29 is 23.7 Å². The van der Waals surface area contributed by atoms with E-state index < -0.39 is 24.5 Å². The molecule has 0 spiro atoms. The lowest BCUT2D eigenvalue weighted by atomic mass is 9.95. The van der Waals surface area contributed by atoms with Crippen molar-refractivity contribution >= 4 is 6.16 Å². The smallest absolute Gasteiger partial charge is 0.424 e. The van der Waals surface area contributed by atoms with Gasteiger partial charge in [-0.3, -0.25) is 0 Å². The molecule has 0 aromatic heterocycles. The third-order valence-corrected chi connectivity index (χ3v) is 4.84. The minimum atomic E-state index is -0.667. The molecule has 0 saturated carbocycles.